The van der Waals surface area contributed by atoms with Gasteiger partial charge in [-0.25, -0.2) is 4.68 Å². The van der Waals surface area contributed by atoms with E-state index in [4.69, 9.17) is 12.2 Å². The van der Waals surface area contributed by atoms with Gasteiger partial charge in [0, 0.05) is 26.1 Å². The summed E-state index contributed by atoms with van der Waals surface area (Å²) in [6, 6.07) is 0. The maximum Gasteiger partial charge on any atom is 0.198 e. The second-order valence-corrected chi connectivity index (χ2v) is 6.56. The van der Waals surface area contributed by atoms with Gasteiger partial charge in [-0.1, -0.05) is 13.8 Å². The van der Waals surface area contributed by atoms with Gasteiger partial charge in [0.15, 0.2) is 4.77 Å². The molecule has 1 N–H and O–H groups in total. The third-order valence-electron chi connectivity index (χ3n) is 4.24. The molecule has 1 saturated heterocycles. The number of nitrogens with zero attached hydrogens (tertiary/aromatic N) is 4. The standard InChI is InChI=1S/C14H26N4OS/c1-10(2)13-15-18(14(20)16(13)4)9-17-7-5-12(6-8-17)11(3)19/h10-12,19H,5-9H2,1-4H3. The van der Waals surface area contributed by atoms with E-state index in [1.807, 2.05) is 23.2 Å². The van der Waals surface area contributed by atoms with Crippen LogP contribution in [0.4, 0.5) is 0 Å². The Bertz CT molecular complexity index is 498. The largest absolute Gasteiger partial charge is 0.393 e. The first-order chi connectivity index (χ1) is 9.40. The highest BCUT2D eigenvalue weighted by Crippen LogP contribution is 2.21. The maximum atomic E-state index is 9.64. The minimum absolute atomic E-state index is 0.193. The van der Waals surface area contributed by atoms with Crippen LogP contribution in [0.25, 0.3) is 0 Å². The summed E-state index contributed by atoms with van der Waals surface area (Å²) >= 11 is 5.46. The van der Waals surface area contributed by atoms with Crippen molar-refractivity contribution in [2.24, 2.45) is 13.0 Å². The fourth-order valence-electron chi connectivity index (χ4n) is 2.87. The van der Waals surface area contributed by atoms with Crippen LogP contribution >= 0.6 is 12.2 Å². The van der Waals surface area contributed by atoms with Crippen molar-refractivity contribution < 1.29 is 5.11 Å². The van der Waals surface area contributed by atoms with Crippen LogP contribution in [0.15, 0.2) is 0 Å². The van der Waals surface area contributed by atoms with Gasteiger partial charge in [0.2, 0.25) is 0 Å². The molecule has 0 amide bonds. The van der Waals surface area contributed by atoms with E-state index in [1.165, 1.54) is 0 Å². The van der Waals surface area contributed by atoms with Gasteiger partial charge in [0.25, 0.3) is 0 Å². The zero-order valence-corrected chi connectivity index (χ0v) is 13.7. The number of hydrogen-bond donors (Lipinski definition) is 1. The Labute approximate surface area is 126 Å². The van der Waals surface area contributed by atoms with E-state index in [1.54, 1.807) is 0 Å². The number of piperidine rings is 1. The smallest absolute Gasteiger partial charge is 0.198 e. The average molecular weight is 298 g/mol. The molecule has 2 rings (SSSR count). The van der Waals surface area contributed by atoms with Crippen LogP contribution in [0.1, 0.15) is 45.4 Å². The summed E-state index contributed by atoms with van der Waals surface area (Å²) in [5, 5.41) is 14.3. The third-order valence-corrected chi connectivity index (χ3v) is 4.72. The van der Waals surface area contributed by atoms with E-state index >= 15 is 0 Å². The van der Waals surface area contributed by atoms with Crippen molar-refractivity contribution in [3.8, 4) is 0 Å². The quantitative estimate of drug-likeness (QED) is 0.865. The molecule has 0 spiro atoms. The predicted molar refractivity (Wildman–Crippen MR) is 82.1 cm³/mol. The van der Waals surface area contributed by atoms with Crippen LogP contribution in [0.5, 0.6) is 0 Å². The first-order valence-electron chi connectivity index (χ1n) is 7.44. The molecule has 1 aliphatic rings. The highest BCUT2D eigenvalue weighted by atomic mass is 32.1. The summed E-state index contributed by atoms with van der Waals surface area (Å²) in [5.41, 5.74) is 0. The lowest BCUT2D eigenvalue weighted by atomic mass is 9.92. The van der Waals surface area contributed by atoms with Crippen molar-refractivity contribution in [3.63, 3.8) is 0 Å². The highest BCUT2D eigenvalue weighted by Gasteiger charge is 2.23. The van der Waals surface area contributed by atoms with Gasteiger partial charge in [-0.3, -0.25) is 4.90 Å². The van der Waals surface area contributed by atoms with Crippen molar-refractivity contribution in [3.05, 3.63) is 10.6 Å². The minimum Gasteiger partial charge on any atom is -0.393 e. The molecule has 0 bridgehead atoms. The van der Waals surface area contributed by atoms with Crippen LogP contribution in [-0.2, 0) is 13.7 Å². The van der Waals surface area contributed by atoms with Crippen molar-refractivity contribution >= 4 is 12.2 Å². The summed E-state index contributed by atoms with van der Waals surface area (Å²) < 4.78 is 4.71. The lowest BCUT2D eigenvalue weighted by molar-refractivity contribution is 0.0591. The van der Waals surface area contributed by atoms with Crippen LogP contribution in [-0.4, -0.2) is 43.5 Å². The molecule has 1 unspecified atom stereocenters. The molecule has 0 aromatic carbocycles. The molecule has 1 atom stereocenters. The summed E-state index contributed by atoms with van der Waals surface area (Å²) in [6.45, 7) is 8.93. The number of aliphatic hydroxyl groups is 1. The van der Waals surface area contributed by atoms with Gasteiger partial charge in [0.05, 0.1) is 12.8 Å². The van der Waals surface area contributed by atoms with Crippen LogP contribution < -0.4 is 0 Å². The summed E-state index contributed by atoms with van der Waals surface area (Å²) in [5.74, 6) is 1.85. The summed E-state index contributed by atoms with van der Waals surface area (Å²) in [4.78, 5) is 2.37. The molecule has 6 heteroatoms. The van der Waals surface area contributed by atoms with Crippen molar-refractivity contribution in [2.75, 3.05) is 13.1 Å². The van der Waals surface area contributed by atoms with Gasteiger partial charge in [0.1, 0.15) is 5.82 Å². The van der Waals surface area contributed by atoms with E-state index in [2.05, 4.69) is 23.8 Å². The van der Waals surface area contributed by atoms with E-state index < -0.39 is 0 Å². The first-order valence-corrected chi connectivity index (χ1v) is 7.85. The zero-order valence-electron chi connectivity index (χ0n) is 12.9. The average Bonchev–Trinajstić information content (AvgIpc) is 2.68. The molecule has 2 heterocycles. The highest BCUT2D eigenvalue weighted by molar-refractivity contribution is 7.71. The van der Waals surface area contributed by atoms with Crippen molar-refractivity contribution in [2.45, 2.75) is 52.3 Å². The van der Waals surface area contributed by atoms with Crippen molar-refractivity contribution in [1.82, 2.24) is 19.2 Å². The molecule has 0 saturated carbocycles. The van der Waals surface area contributed by atoms with E-state index in [0.29, 0.717) is 11.8 Å². The van der Waals surface area contributed by atoms with Gasteiger partial charge in [-0.15, -0.1) is 0 Å². The fraction of sp³-hybridized carbons (Fsp3) is 0.857. The molecule has 0 aliphatic carbocycles. The normalized spacial score (nSPS) is 19.7. The molecule has 1 aliphatic heterocycles. The SMILES string of the molecule is CC(C)c1nn(CN2CCC(C(C)O)CC2)c(=S)n1C. The molecular formula is C14H26N4OS. The molecule has 0 radical (unpaired) electrons. The van der Waals surface area contributed by atoms with Gasteiger partial charge in [-0.05, 0) is 37.9 Å². The zero-order chi connectivity index (χ0) is 14.9. The maximum absolute atomic E-state index is 9.64. The number of likely N-dealkylation sites (tertiary alicyclic amines) is 1. The van der Waals surface area contributed by atoms with E-state index in [0.717, 1.165) is 43.2 Å². The Kier molecular flexibility index (Phi) is 4.99. The lowest BCUT2D eigenvalue weighted by Gasteiger charge is -2.32. The minimum atomic E-state index is -0.193. The lowest BCUT2D eigenvalue weighted by Crippen LogP contribution is -2.38. The first kappa shape index (κ1) is 15.7. The Morgan fingerprint density at radius 1 is 1.30 bits per heavy atom. The second-order valence-electron chi connectivity index (χ2n) is 6.19. The Morgan fingerprint density at radius 2 is 1.90 bits per heavy atom. The van der Waals surface area contributed by atoms with Gasteiger partial charge < -0.3 is 9.67 Å². The van der Waals surface area contributed by atoms with Crippen molar-refractivity contribution in [1.29, 1.82) is 0 Å². The Hall–Kier alpha value is -0.720. The number of aliphatic hydroxyl groups excluding tert-OH is 1. The number of aromatic nitrogens is 3. The van der Waals surface area contributed by atoms with Crippen LogP contribution in [0.3, 0.4) is 0 Å². The molecule has 1 aromatic rings. The molecule has 1 fully saturated rings. The van der Waals surface area contributed by atoms with Gasteiger partial charge in [-0.2, -0.15) is 5.10 Å². The molecular weight excluding hydrogens is 272 g/mol. The van der Waals surface area contributed by atoms with E-state index in [9.17, 15) is 5.11 Å². The molecule has 20 heavy (non-hydrogen) atoms. The van der Waals surface area contributed by atoms with E-state index in [-0.39, 0.29) is 6.10 Å². The van der Waals surface area contributed by atoms with Crippen LogP contribution in [0, 0.1) is 10.7 Å². The summed E-state index contributed by atoms with van der Waals surface area (Å²) in [7, 11) is 1.99. The van der Waals surface area contributed by atoms with Crippen LogP contribution in [0.2, 0.25) is 0 Å². The monoisotopic (exact) mass is 298 g/mol. The number of rotatable bonds is 4. The van der Waals surface area contributed by atoms with Gasteiger partial charge >= 0.3 is 0 Å². The fourth-order valence-corrected chi connectivity index (χ4v) is 3.06. The predicted octanol–water partition coefficient (Wildman–Crippen LogP) is 2.12. The molecule has 5 nitrogen and oxygen atoms in total. The Balaban J connectivity index is 2.02. The summed E-state index contributed by atoms with van der Waals surface area (Å²) in [6.07, 6.45) is 1.91. The molecule has 114 valence electrons. The molecule has 1 aromatic heterocycles. The topological polar surface area (TPSA) is 46.2 Å². The Morgan fingerprint density at radius 3 is 2.35 bits per heavy atom. The second kappa shape index (κ2) is 6.37. The third kappa shape index (κ3) is 3.30. The number of hydrogen-bond acceptors (Lipinski definition) is 4.